The third kappa shape index (κ3) is 2.71. The van der Waals surface area contributed by atoms with Crippen LogP contribution in [0.5, 0.6) is 0 Å². The van der Waals surface area contributed by atoms with Gasteiger partial charge < -0.3 is 0 Å². The number of rotatable bonds is 2. The molecule has 1 aliphatic heterocycles. The molecule has 2 aliphatic carbocycles. The Morgan fingerprint density at radius 2 is 1.92 bits per heavy atom. The number of hydrogen-bond acceptors (Lipinski definition) is 3. The zero-order valence-corrected chi connectivity index (χ0v) is 16.4. The molecule has 3 nitrogen and oxygen atoms in total. The van der Waals surface area contributed by atoms with Gasteiger partial charge in [-0.15, -0.1) is 0 Å². The van der Waals surface area contributed by atoms with Crippen molar-refractivity contribution >= 4 is 31.2 Å². The van der Waals surface area contributed by atoms with Gasteiger partial charge in [-0.05, 0) is 0 Å². The molecule has 0 aromatic heterocycles. The number of hydrogen-bond donors (Lipinski definition) is 0. The van der Waals surface area contributed by atoms with Gasteiger partial charge in [0.15, 0.2) is 0 Å². The summed E-state index contributed by atoms with van der Waals surface area (Å²) < 4.78 is 6.84. The third-order valence-electron chi connectivity index (χ3n) is 6.52. The van der Waals surface area contributed by atoms with Crippen LogP contribution in [0.25, 0.3) is 0 Å². The van der Waals surface area contributed by atoms with Gasteiger partial charge in [-0.2, -0.15) is 0 Å². The summed E-state index contributed by atoms with van der Waals surface area (Å²) in [7, 11) is 0. The van der Waals surface area contributed by atoms with Crippen molar-refractivity contribution < 1.29 is 14.3 Å². The zero-order chi connectivity index (χ0) is 17.8. The summed E-state index contributed by atoms with van der Waals surface area (Å²) in [6, 6.07) is 10.4. The molecule has 3 fully saturated rings. The van der Waals surface area contributed by atoms with Crippen molar-refractivity contribution in [1.29, 1.82) is 0 Å². The standard InChI is InChI=1S/C21H24O3Se/c1-12-9-17-15(13(2)20(23)24-17)11-21(3)16(12)10-18(19(21)22)25-14-7-5-4-6-8-14/h4-8,12,15-18H,2,9-11H2,1,3H3/t12-,15-,16+,17+,18?,21+/m1/s1. The summed E-state index contributed by atoms with van der Waals surface area (Å²) in [5.41, 5.74) is 0.223. The Labute approximate surface area is 155 Å². The number of ether oxygens (including phenoxy) is 1. The van der Waals surface area contributed by atoms with Gasteiger partial charge in [-0.1, -0.05) is 0 Å². The van der Waals surface area contributed by atoms with E-state index in [-0.39, 0.29) is 43.2 Å². The molecule has 2 saturated carbocycles. The van der Waals surface area contributed by atoms with E-state index < -0.39 is 0 Å². The van der Waals surface area contributed by atoms with Crippen LogP contribution >= 0.6 is 0 Å². The van der Waals surface area contributed by atoms with Gasteiger partial charge in [0, 0.05) is 0 Å². The molecule has 0 amide bonds. The number of carbonyl (C=O) groups is 2. The third-order valence-corrected chi connectivity index (χ3v) is 9.11. The minimum absolute atomic E-state index is 0.0110. The summed E-state index contributed by atoms with van der Waals surface area (Å²) >= 11 is 0.172. The first kappa shape index (κ1) is 17.1. The molecule has 3 aliphatic rings. The van der Waals surface area contributed by atoms with E-state index in [1.807, 2.05) is 6.07 Å². The molecule has 1 unspecified atom stereocenters. The van der Waals surface area contributed by atoms with Gasteiger partial charge in [-0.3, -0.25) is 0 Å². The fourth-order valence-electron chi connectivity index (χ4n) is 5.15. The van der Waals surface area contributed by atoms with Gasteiger partial charge in [0.25, 0.3) is 0 Å². The van der Waals surface area contributed by atoms with Gasteiger partial charge in [0.05, 0.1) is 0 Å². The Balaban J connectivity index is 1.62. The summed E-state index contributed by atoms with van der Waals surface area (Å²) in [6.45, 7) is 8.32. The van der Waals surface area contributed by atoms with Crippen molar-refractivity contribution in [3.63, 3.8) is 0 Å². The predicted octanol–water partition coefficient (Wildman–Crippen LogP) is 2.93. The van der Waals surface area contributed by atoms with E-state index in [0.717, 1.165) is 19.3 Å². The number of benzene rings is 1. The van der Waals surface area contributed by atoms with Crippen LogP contribution in [0.2, 0.25) is 4.82 Å². The molecule has 1 saturated heterocycles. The number of Topliss-reactive ketones (excluding diaryl/α,β-unsaturated/α-hetero) is 1. The Morgan fingerprint density at radius 3 is 2.64 bits per heavy atom. The summed E-state index contributed by atoms with van der Waals surface area (Å²) in [5, 5.41) is 0. The van der Waals surface area contributed by atoms with Crippen LogP contribution in [-0.2, 0) is 14.3 Å². The molecule has 6 atom stereocenters. The molecule has 1 aromatic rings. The van der Waals surface area contributed by atoms with E-state index in [0.29, 0.717) is 23.2 Å². The average molecular weight is 403 g/mol. The van der Waals surface area contributed by atoms with E-state index in [1.165, 1.54) is 4.46 Å². The van der Waals surface area contributed by atoms with Crippen LogP contribution in [0.1, 0.15) is 33.1 Å². The van der Waals surface area contributed by atoms with Crippen molar-refractivity contribution in [2.24, 2.45) is 23.2 Å². The second-order valence-electron chi connectivity index (χ2n) is 8.04. The van der Waals surface area contributed by atoms with Gasteiger partial charge >= 0.3 is 155 Å². The molecule has 4 rings (SSSR count). The van der Waals surface area contributed by atoms with Gasteiger partial charge in [-0.25, -0.2) is 0 Å². The summed E-state index contributed by atoms with van der Waals surface area (Å²) in [6.07, 6.45) is 2.47. The van der Waals surface area contributed by atoms with Crippen molar-refractivity contribution in [2.75, 3.05) is 0 Å². The predicted molar refractivity (Wildman–Crippen MR) is 97.7 cm³/mol. The topological polar surface area (TPSA) is 43.4 Å². The van der Waals surface area contributed by atoms with Crippen molar-refractivity contribution in [2.45, 2.75) is 44.0 Å². The molecule has 4 heteroatoms. The number of esters is 1. The first-order valence-electron chi connectivity index (χ1n) is 9.06. The average Bonchev–Trinajstić information content (AvgIpc) is 2.94. The van der Waals surface area contributed by atoms with E-state index in [4.69, 9.17) is 4.74 Å². The number of ketones is 1. The SMILES string of the molecule is C=C1C(=O)O[C@H]2C[C@@H](C)[C@@H]3CC([Se]c4ccccc4)C(=O)[C@@]3(C)C[C@H]12. The Bertz CT molecular complexity index is 728. The van der Waals surface area contributed by atoms with E-state index >= 15 is 0 Å². The second-order valence-corrected chi connectivity index (χ2v) is 10.7. The molecule has 1 heterocycles. The first-order valence-corrected chi connectivity index (χ1v) is 10.9. The number of fused-ring (bicyclic) bond motifs is 2. The molecule has 0 N–H and O–H groups in total. The summed E-state index contributed by atoms with van der Waals surface area (Å²) in [4.78, 5) is 25.5. The quantitative estimate of drug-likeness (QED) is 0.433. The van der Waals surface area contributed by atoms with E-state index in [2.05, 4.69) is 44.7 Å². The van der Waals surface area contributed by atoms with Crippen molar-refractivity contribution in [1.82, 2.24) is 0 Å². The molecule has 132 valence electrons. The molecule has 25 heavy (non-hydrogen) atoms. The van der Waals surface area contributed by atoms with Crippen LogP contribution in [0.15, 0.2) is 42.5 Å². The monoisotopic (exact) mass is 404 g/mol. The van der Waals surface area contributed by atoms with Crippen molar-refractivity contribution in [3.8, 4) is 0 Å². The molecular weight excluding hydrogens is 379 g/mol. The number of carbonyl (C=O) groups excluding carboxylic acids is 2. The molecule has 1 aromatic carbocycles. The summed E-state index contributed by atoms with van der Waals surface area (Å²) in [5.74, 6) is 0.921. The normalized spacial score (nSPS) is 40.4. The van der Waals surface area contributed by atoms with E-state index in [9.17, 15) is 9.59 Å². The van der Waals surface area contributed by atoms with Crippen molar-refractivity contribution in [3.05, 3.63) is 42.5 Å². The minimum atomic E-state index is -0.350. The molecule has 0 radical (unpaired) electrons. The Kier molecular flexibility index (Phi) is 4.16. The fourth-order valence-corrected chi connectivity index (χ4v) is 7.93. The van der Waals surface area contributed by atoms with Crippen LogP contribution in [-0.4, -0.2) is 32.8 Å². The van der Waals surface area contributed by atoms with Crippen LogP contribution in [0, 0.1) is 23.2 Å². The molecule has 0 spiro atoms. The second kappa shape index (κ2) is 6.10. The molecule has 0 bridgehead atoms. The Morgan fingerprint density at radius 1 is 1.20 bits per heavy atom. The van der Waals surface area contributed by atoms with Crippen LogP contribution in [0.4, 0.5) is 0 Å². The zero-order valence-electron chi connectivity index (χ0n) is 14.7. The fraction of sp³-hybridized carbons (Fsp3) is 0.524. The first-order chi connectivity index (χ1) is 11.9. The van der Waals surface area contributed by atoms with Gasteiger partial charge in [0.2, 0.25) is 0 Å². The van der Waals surface area contributed by atoms with Crippen LogP contribution in [0.3, 0.4) is 0 Å². The maximum absolute atomic E-state index is 13.4. The van der Waals surface area contributed by atoms with Gasteiger partial charge in [0.1, 0.15) is 0 Å². The maximum atomic E-state index is 13.4. The van der Waals surface area contributed by atoms with E-state index in [1.54, 1.807) is 0 Å². The molecular formula is C21H24O3Se. The van der Waals surface area contributed by atoms with Crippen LogP contribution < -0.4 is 4.46 Å². The Hall–Kier alpha value is -1.38.